The van der Waals surface area contributed by atoms with Crippen molar-refractivity contribution in [2.24, 2.45) is 0 Å². The molecule has 0 unspecified atom stereocenters. The molecular formula is C44H22Cl8FeN4+2. The van der Waals surface area contributed by atoms with Crippen molar-refractivity contribution >= 4 is 139 Å². The van der Waals surface area contributed by atoms with Crippen LogP contribution < -0.4 is 0 Å². The van der Waals surface area contributed by atoms with Crippen molar-refractivity contribution in [2.45, 2.75) is 0 Å². The van der Waals surface area contributed by atoms with Crippen molar-refractivity contribution in [2.75, 3.05) is 0 Å². The van der Waals surface area contributed by atoms with Crippen molar-refractivity contribution in [1.82, 2.24) is 19.9 Å². The van der Waals surface area contributed by atoms with Gasteiger partial charge in [-0.3, -0.25) is 0 Å². The van der Waals surface area contributed by atoms with Crippen molar-refractivity contribution < 1.29 is 17.1 Å². The van der Waals surface area contributed by atoms with E-state index in [0.29, 0.717) is 63.0 Å². The molecule has 0 aliphatic carbocycles. The summed E-state index contributed by atoms with van der Waals surface area (Å²) in [5.41, 5.74) is 11.4. The van der Waals surface area contributed by atoms with E-state index in [1.807, 2.05) is 72.8 Å². The summed E-state index contributed by atoms with van der Waals surface area (Å²) in [6.45, 7) is 0. The van der Waals surface area contributed by atoms with Crippen molar-refractivity contribution in [3.63, 3.8) is 0 Å². The van der Waals surface area contributed by atoms with Crippen LogP contribution in [-0.2, 0) is 17.1 Å². The molecule has 0 spiro atoms. The maximum absolute atomic E-state index is 6.94. The van der Waals surface area contributed by atoms with Gasteiger partial charge in [-0.1, -0.05) is 117 Å². The summed E-state index contributed by atoms with van der Waals surface area (Å²) in [5.74, 6) is 0. The summed E-state index contributed by atoms with van der Waals surface area (Å²) < 4.78 is 0. The van der Waals surface area contributed by atoms with Gasteiger partial charge in [-0.15, -0.1) is 0 Å². The Kier molecular flexibility index (Phi) is 11.4. The Hall–Kier alpha value is -3.68. The van der Waals surface area contributed by atoms with E-state index in [9.17, 15) is 0 Å². The van der Waals surface area contributed by atoms with Gasteiger partial charge in [0.2, 0.25) is 0 Å². The molecule has 0 amide bonds. The Morgan fingerprint density at radius 1 is 0.316 bits per heavy atom. The number of rotatable bonds is 4. The maximum Gasteiger partial charge on any atom is 2.00 e. The monoisotopic (exact) mass is 942 g/mol. The van der Waals surface area contributed by atoms with Gasteiger partial charge in [-0.25, -0.2) is 9.97 Å². The minimum atomic E-state index is 0. The van der Waals surface area contributed by atoms with Crippen LogP contribution in [0.4, 0.5) is 0 Å². The third-order valence-corrected chi connectivity index (χ3v) is 11.7. The van der Waals surface area contributed by atoms with Gasteiger partial charge in [-0.05, 0) is 97.1 Å². The molecule has 5 heterocycles. The zero-order valence-electron chi connectivity index (χ0n) is 28.8. The van der Waals surface area contributed by atoms with E-state index < -0.39 is 0 Å². The van der Waals surface area contributed by atoms with E-state index in [1.54, 1.807) is 48.5 Å². The molecule has 8 bridgehead atoms. The first-order chi connectivity index (χ1) is 27.0. The van der Waals surface area contributed by atoms with Crippen LogP contribution in [0.1, 0.15) is 22.8 Å². The normalized spacial score (nSPS) is 11.9. The minimum absolute atomic E-state index is 0. The molecule has 280 valence electrons. The summed E-state index contributed by atoms with van der Waals surface area (Å²) in [4.78, 5) is 17.9. The number of halogens is 8. The molecule has 4 aromatic carbocycles. The number of nitrogens with zero attached hydrogens (tertiary/aromatic N) is 2. The Morgan fingerprint density at radius 3 is 0.754 bits per heavy atom. The van der Waals surface area contributed by atoms with E-state index in [1.165, 1.54) is 0 Å². The van der Waals surface area contributed by atoms with Crippen molar-refractivity contribution in [3.05, 3.63) is 160 Å². The number of aromatic nitrogens is 4. The van der Waals surface area contributed by atoms with E-state index in [4.69, 9.17) is 103 Å². The average molecular weight is 946 g/mol. The summed E-state index contributed by atoms with van der Waals surface area (Å²) in [5, 5.41) is 3.86. The molecule has 4 nitrogen and oxygen atoms in total. The molecule has 0 saturated carbocycles. The van der Waals surface area contributed by atoms with Gasteiger partial charge in [0.15, 0.2) is 0 Å². The van der Waals surface area contributed by atoms with E-state index in [-0.39, 0.29) is 17.1 Å². The zero-order valence-corrected chi connectivity index (χ0v) is 36.0. The quantitative estimate of drug-likeness (QED) is 0.173. The molecule has 57 heavy (non-hydrogen) atoms. The Morgan fingerprint density at radius 2 is 0.544 bits per heavy atom. The van der Waals surface area contributed by atoms with Crippen LogP contribution in [0.25, 0.3) is 90.9 Å². The van der Waals surface area contributed by atoms with Crippen LogP contribution in [0.2, 0.25) is 40.2 Å². The fourth-order valence-corrected chi connectivity index (χ4v) is 9.12. The second-order valence-corrected chi connectivity index (χ2v) is 16.4. The SMILES string of the molecule is Clc1ccc(-c2c3nc(c(-c4ccc(Cl)cc4Cl)c4ccc([nH]4)c(-c4ccc(Cl)cc4Cl)c4nc(c(-c5ccc(Cl)cc5Cl)c5ccc2[nH]5)C=C4)C=C3)c(Cl)c1.[Fe+2]. The molecule has 0 radical (unpaired) electrons. The summed E-state index contributed by atoms with van der Waals surface area (Å²) in [6, 6.07) is 29.5. The smallest absolute Gasteiger partial charge is 0.354 e. The molecule has 7 aromatic rings. The van der Waals surface area contributed by atoms with Crippen LogP contribution in [-0.4, -0.2) is 19.9 Å². The van der Waals surface area contributed by atoms with E-state index in [2.05, 4.69) is 9.97 Å². The molecule has 13 heteroatoms. The van der Waals surface area contributed by atoms with Crippen LogP contribution >= 0.6 is 92.8 Å². The third-order valence-electron chi connectivity index (χ3n) is 9.56. The molecular weight excluding hydrogens is 924 g/mol. The first kappa shape index (κ1) is 40.1. The summed E-state index contributed by atoms with van der Waals surface area (Å²) in [7, 11) is 0. The topological polar surface area (TPSA) is 57.4 Å². The number of fused-ring (bicyclic) bond motifs is 8. The van der Waals surface area contributed by atoms with Crippen molar-refractivity contribution in [1.29, 1.82) is 0 Å². The van der Waals surface area contributed by atoms with Gasteiger partial charge in [0, 0.05) is 86.7 Å². The van der Waals surface area contributed by atoms with Crippen LogP contribution in [0, 0.1) is 0 Å². The second kappa shape index (κ2) is 16.2. The Balaban J connectivity index is 0.00000455. The number of nitrogens with one attached hydrogen (secondary N) is 2. The minimum Gasteiger partial charge on any atom is -0.354 e. The van der Waals surface area contributed by atoms with Crippen LogP contribution in [0.5, 0.6) is 0 Å². The Labute approximate surface area is 377 Å². The Bertz CT molecular complexity index is 2640. The number of benzene rings is 4. The van der Waals surface area contributed by atoms with Crippen molar-refractivity contribution in [3.8, 4) is 44.5 Å². The molecule has 0 saturated heterocycles. The van der Waals surface area contributed by atoms with Gasteiger partial charge >= 0.3 is 17.1 Å². The molecule has 3 aromatic heterocycles. The molecule has 2 N–H and O–H groups in total. The number of hydrogen-bond acceptors (Lipinski definition) is 2. The van der Waals surface area contributed by atoms with Crippen LogP contribution in [0.3, 0.4) is 0 Å². The van der Waals surface area contributed by atoms with E-state index >= 15 is 0 Å². The molecule has 0 atom stereocenters. The van der Waals surface area contributed by atoms with Gasteiger partial charge in [0.1, 0.15) is 0 Å². The maximum atomic E-state index is 6.94. The molecule has 9 rings (SSSR count). The van der Waals surface area contributed by atoms with Gasteiger partial charge in [-0.2, -0.15) is 0 Å². The standard InChI is InChI=1S/C44H22Cl8N4.Fe/c45-21-1-5-25(29(49)17-21)41-33-9-11-35(53-33)42(26-6-2-22(46)18-30(26)50)37-13-15-39(55-37)44(28-8-4-24(48)20-32(28)52)40-16-14-38(56-40)43(36-12-10-34(41)54-36)27-7-3-23(47)19-31(27)51;/h1-20,53,56H;/q;+2. The zero-order chi connectivity index (χ0) is 38.8. The fourth-order valence-electron chi connectivity index (χ4n) is 7.11. The molecule has 2 aliphatic heterocycles. The summed E-state index contributed by atoms with van der Waals surface area (Å²) in [6.07, 6.45) is 7.83. The van der Waals surface area contributed by atoms with Gasteiger partial charge < -0.3 is 9.97 Å². The van der Waals surface area contributed by atoms with E-state index in [0.717, 1.165) is 66.6 Å². The predicted octanol–water partition coefficient (Wildman–Crippen LogP) is 16.5. The second-order valence-electron chi connectivity index (χ2n) is 13.0. The number of aromatic amines is 2. The average Bonchev–Trinajstić information content (AvgIpc) is 3.99. The molecule has 0 fully saturated rings. The molecule has 2 aliphatic rings. The predicted molar refractivity (Wildman–Crippen MR) is 241 cm³/mol. The number of H-pyrrole nitrogens is 2. The third kappa shape index (κ3) is 7.57. The number of hydrogen-bond donors (Lipinski definition) is 2. The summed E-state index contributed by atoms with van der Waals surface area (Å²) >= 11 is 53.4. The van der Waals surface area contributed by atoms with Gasteiger partial charge in [0.05, 0.1) is 42.9 Å². The van der Waals surface area contributed by atoms with Crippen LogP contribution in [0.15, 0.2) is 97.1 Å². The first-order valence-electron chi connectivity index (χ1n) is 17.0. The fraction of sp³-hybridized carbons (Fsp3) is 0. The van der Waals surface area contributed by atoms with Gasteiger partial charge in [0.25, 0.3) is 0 Å². The first-order valence-corrected chi connectivity index (χ1v) is 20.0. The largest absolute Gasteiger partial charge is 2.00 e.